The Hall–Kier alpha value is -2.71. The third-order valence-electron chi connectivity index (χ3n) is 4.03. The molecule has 0 radical (unpaired) electrons. The van der Waals surface area contributed by atoms with Crippen molar-refractivity contribution in [2.75, 3.05) is 6.54 Å². The van der Waals surface area contributed by atoms with E-state index in [-0.39, 0.29) is 29.5 Å². The van der Waals surface area contributed by atoms with Crippen LogP contribution in [0.5, 0.6) is 0 Å². The van der Waals surface area contributed by atoms with E-state index in [0.717, 1.165) is 16.9 Å². The van der Waals surface area contributed by atoms with Crippen LogP contribution in [0.3, 0.4) is 0 Å². The molecule has 3 rings (SSSR count). The summed E-state index contributed by atoms with van der Waals surface area (Å²) < 4.78 is 28.5. The van der Waals surface area contributed by atoms with Crippen LogP contribution < -0.4 is 10.0 Å². The molecular formula is C18H20N4O3S. The summed E-state index contributed by atoms with van der Waals surface area (Å²) in [4.78, 5) is 17.0. The number of amides is 1. The molecular weight excluding hydrogens is 352 g/mol. The van der Waals surface area contributed by atoms with Crippen molar-refractivity contribution in [2.45, 2.75) is 18.4 Å². The summed E-state index contributed by atoms with van der Waals surface area (Å²) >= 11 is 0. The van der Waals surface area contributed by atoms with Crippen molar-refractivity contribution in [3.05, 3.63) is 59.9 Å². The first-order valence-electron chi connectivity index (χ1n) is 8.20. The molecule has 0 aliphatic rings. The Morgan fingerprint density at radius 2 is 1.92 bits per heavy atom. The highest BCUT2D eigenvalue weighted by molar-refractivity contribution is 7.89. The smallest absolute Gasteiger partial charge is 0.251 e. The average molecular weight is 372 g/mol. The van der Waals surface area contributed by atoms with E-state index in [1.807, 2.05) is 35.9 Å². The number of nitrogens with one attached hydrogen (secondary N) is 2. The number of imidazole rings is 1. The molecule has 0 bridgehead atoms. The van der Waals surface area contributed by atoms with Crippen molar-refractivity contribution in [2.24, 2.45) is 7.05 Å². The summed E-state index contributed by atoms with van der Waals surface area (Å²) in [6.07, 6.45) is 0. The molecule has 0 atom stereocenters. The number of nitrogens with zero attached hydrogens (tertiary/aromatic N) is 2. The molecule has 136 valence electrons. The molecule has 26 heavy (non-hydrogen) atoms. The fourth-order valence-corrected chi connectivity index (χ4v) is 3.78. The second-order valence-electron chi connectivity index (χ2n) is 5.79. The molecule has 0 fully saturated rings. The van der Waals surface area contributed by atoms with Crippen LogP contribution in [0, 0.1) is 0 Å². The number of hydrogen-bond donors (Lipinski definition) is 2. The lowest BCUT2D eigenvalue weighted by molar-refractivity contribution is 0.0949. The van der Waals surface area contributed by atoms with Crippen LogP contribution in [-0.2, 0) is 23.6 Å². The van der Waals surface area contributed by atoms with Gasteiger partial charge in [-0.05, 0) is 30.3 Å². The molecule has 0 aliphatic heterocycles. The molecule has 1 aromatic heterocycles. The van der Waals surface area contributed by atoms with Gasteiger partial charge in [-0.25, -0.2) is 18.1 Å². The van der Waals surface area contributed by atoms with Crippen LogP contribution in [0.15, 0.2) is 53.4 Å². The predicted molar refractivity (Wildman–Crippen MR) is 99.2 cm³/mol. The number of hydrogen-bond acceptors (Lipinski definition) is 4. The molecule has 7 nitrogen and oxygen atoms in total. The third kappa shape index (κ3) is 3.61. The van der Waals surface area contributed by atoms with Gasteiger partial charge < -0.3 is 9.88 Å². The largest absolute Gasteiger partial charge is 0.345 e. The zero-order valence-corrected chi connectivity index (χ0v) is 15.4. The van der Waals surface area contributed by atoms with E-state index in [4.69, 9.17) is 0 Å². The second-order valence-corrected chi connectivity index (χ2v) is 7.55. The number of carbonyl (C=O) groups excluding carboxylic acids is 1. The molecule has 3 aromatic rings. The van der Waals surface area contributed by atoms with Crippen molar-refractivity contribution in [3.8, 4) is 0 Å². The minimum absolute atomic E-state index is 0.0646. The van der Waals surface area contributed by atoms with E-state index in [1.54, 1.807) is 19.1 Å². The monoisotopic (exact) mass is 372 g/mol. The van der Waals surface area contributed by atoms with Gasteiger partial charge in [0.15, 0.2) is 0 Å². The molecule has 0 aliphatic carbocycles. The maximum Gasteiger partial charge on any atom is 0.251 e. The lowest BCUT2D eigenvalue weighted by Gasteiger charge is -2.08. The van der Waals surface area contributed by atoms with Crippen LogP contribution in [0.25, 0.3) is 11.0 Å². The van der Waals surface area contributed by atoms with Gasteiger partial charge in [-0.15, -0.1) is 0 Å². The SMILES string of the molecule is CCNS(=O)(=O)c1cccc(C(=O)NCc2nc3ccccc3n2C)c1. The van der Waals surface area contributed by atoms with Gasteiger partial charge in [-0.2, -0.15) is 0 Å². The second kappa shape index (κ2) is 7.27. The van der Waals surface area contributed by atoms with Gasteiger partial charge in [0.1, 0.15) is 5.82 Å². The maximum absolute atomic E-state index is 12.4. The normalized spacial score (nSPS) is 11.6. The van der Waals surface area contributed by atoms with Crippen molar-refractivity contribution in [1.29, 1.82) is 0 Å². The molecule has 2 N–H and O–H groups in total. The van der Waals surface area contributed by atoms with E-state index in [1.165, 1.54) is 12.1 Å². The van der Waals surface area contributed by atoms with E-state index in [0.29, 0.717) is 0 Å². The highest BCUT2D eigenvalue weighted by Gasteiger charge is 2.16. The van der Waals surface area contributed by atoms with Gasteiger partial charge in [-0.3, -0.25) is 4.79 Å². The standard InChI is InChI=1S/C18H20N4O3S/c1-3-20-26(24,25)14-8-6-7-13(11-14)18(23)19-12-17-21-15-9-4-5-10-16(15)22(17)2/h4-11,20H,3,12H2,1-2H3,(H,19,23). The fraction of sp³-hybridized carbons (Fsp3) is 0.222. The fourth-order valence-electron chi connectivity index (χ4n) is 2.69. The summed E-state index contributed by atoms with van der Waals surface area (Å²) in [5.41, 5.74) is 2.12. The highest BCUT2D eigenvalue weighted by atomic mass is 32.2. The molecule has 2 aromatic carbocycles. The van der Waals surface area contributed by atoms with Gasteiger partial charge in [0.2, 0.25) is 10.0 Å². The average Bonchev–Trinajstić information content (AvgIpc) is 2.96. The molecule has 0 spiro atoms. The molecule has 8 heteroatoms. The van der Waals surface area contributed by atoms with Gasteiger partial charge in [-0.1, -0.05) is 25.1 Å². The zero-order chi connectivity index (χ0) is 18.7. The van der Waals surface area contributed by atoms with E-state index in [2.05, 4.69) is 15.0 Å². The Morgan fingerprint density at radius 3 is 2.65 bits per heavy atom. The summed E-state index contributed by atoms with van der Waals surface area (Å²) in [5, 5.41) is 2.79. The van der Waals surface area contributed by atoms with Crippen LogP contribution in [-0.4, -0.2) is 30.4 Å². The number of aryl methyl sites for hydroxylation is 1. The lowest BCUT2D eigenvalue weighted by Crippen LogP contribution is -2.26. The Morgan fingerprint density at radius 1 is 1.15 bits per heavy atom. The third-order valence-corrected chi connectivity index (χ3v) is 5.57. The topological polar surface area (TPSA) is 93.1 Å². The Labute approximate surface area is 152 Å². The molecule has 0 saturated carbocycles. The Bertz CT molecular complexity index is 1060. The maximum atomic E-state index is 12.4. The highest BCUT2D eigenvalue weighted by Crippen LogP contribution is 2.15. The molecule has 0 unspecified atom stereocenters. The van der Waals surface area contributed by atoms with Gasteiger partial charge >= 0.3 is 0 Å². The summed E-state index contributed by atoms with van der Waals surface area (Å²) in [6, 6.07) is 13.7. The zero-order valence-electron chi connectivity index (χ0n) is 14.6. The number of fused-ring (bicyclic) bond motifs is 1. The minimum Gasteiger partial charge on any atom is -0.345 e. The first-order chi connectivity index (χ1) is 12.4. The van der Waals surface area contributed by atoms with E-state index in [9.17, 15) is 13.2 Å². The van der Waals surface area contributed by atoms with Crippen molar-refractivity contribution in [3.63, 3.8) is 0 Å². The van der Waals surface area contributed by atoms with Crippen LogP contribution in [0.4, 0.5) is 0 Å². The van der Waals surface area contributed by atoms with Crippen molar-refractivity contribution >= 4 is 27.0 Å². The number of aromatic nitrogens is 2. The summed E-state index contributed by atoms with van der Waals surface area (Å²) in [5.74, 6) is 0.363. The summed E-state index contributed by atoms with van der Waals surface area (Å²) in [6.45, 7) is 2.23. The minimum atomic E-state index is -3.60. The number of para-hydroxylation sites is 2. The van der Waals surface area contributed by atoms with Crippen LogP contribution >= 0.6 is 0 Å². The number of carbonyl (C=O) groups is 1. The number of sulfonamides is 1. The Balaban J connectivity index is 1.77. The molecule has 0 saturated heterocycles. The lowest BCUT2D eigenvalue weighted by atomic mass is 10.2. The van der Waals surface area contributed by atoms with E-state index >= 15 is 0 Å². The predicted octanol–water partition coefficient (Wildman–Crippen LogP) is 1.80. The summed E-state index contributed by atoms with van der Waals surface area (Å²) in [7, 11) is -1.71. The van der Waals surface area contributed by atoms with E-state index < -0.39 is 10.0 Å². The number of rotatable bonds is 6. The number of benzene rings is 2. The molecule has 1 heterocycles. The first kappa shape index (κ1) is 18.1. The van der Waals surface area contributed by atoms with Crippen molar-refractivity contribution in [1.82, 2.24) is 19.6 Å². The van der Waals surface area contributed by atoms with Gasteiger partial charge in [0.05, 0.1) is 22.5 Å². The van der Waals surface area contributed by atoms with Gasteiger partial charge in [0.25, 0.3) is 5.91 Å². The Kier molecular flexibility index (Phi) is 5.06. The van der Waals surface area contributed by atoms with Gasteiger partial charge in [0, 0.05) is 19.2 Å². The van der Waals surface area contributed by atoms with Crippen LogP contribution in [0.1, 0.15) is 23.1 Å². The van der Waals surface area contributed by atoms with Crippen molar-refractivity contribution < 1.29 is 13.2 Å². The first-order valence-corrected chi connectivity index (χ1v) is 9.69. The van der Waals surface area contributed by atoms with Crippen LogP contribution in [0.2, 0.25) is 0 Å². The molecule has 1 amide bonds. The quantitative estimate of drug-likeness (QED) is 0.690.